The van der Waals surface area contributed by atoms with Crippen LogP contribution in [0.5, 0.6) is 0 Å². The van der Waals surface area contributed by atoms with Gasteiger partial charge in [0.25, 0.3) is 0 Å². The van der Waals surface area contributed by atoms with Crippen molar-refractivity contribution in [3.05, 3.63) is 5.92 Å². The van der Waals surface area contributed by atoms with Crippen LogP contribution in [0.15, 0.2) is 0 Å². The zero-order chi connectivity index (χ0) is 6.69. The molecule has 2 nitrogen and oxygen atoms in total. The van der Waals surface area contributed by atoms with Crippen LogP contribution in [0.25, 0.3) is 0 Å². The Morgan fingerprint density at radius 3 is 2.44 bits per heavy atom. The second-order valence-electron chi connectivity index (χ2n) is 2.30. The summed E-state index contributed by atoms with van der Waals surface area (Å²) in [5.74, 6) is 3.06. The molecule has 0 saturated carbocycles. The summed E-state index contributed by atoms with van der Waals surface area (Å²) in [5, 5.41) is 0. The van der Waals surface area contributed by atoms with Gasteiger partial charge in [0.15, 0.2) is 0 Å². The van der Waals surface area contributed by atoms with Crippen molar-refractivity contribution in [2.24, 2.45) is 5.73 Å². The smallest absolute Gasteiger partial charge is 0.106 e. The lowest BCUT2D eigenvalue weighted by Gasteiger charge is -2.21. The van der Waals surface area contributed by atoms with Gasteiger partial charge in [-0.15, -0.1) is 0 Å². The van der Waals surface area contributed by atoms with Crippen LogP contribution in [0.1, 0.15) is 12.8 Å². The molecule has 1 saturated heterocycles. The summed E-state index contributed by atoms with van der Waals surface area (Å²) in [6.07, 6.45) is 1.98. The fraction of sp³-hybridized carbons (Fsp3) is 0.833. The van der Waals surface area contributed by atoms with E-state index >= 15 is 0 Å². The van der Waals surface area contributed by atoms with Gasteiger partial charge in [0, 0.05) is 0 Å². The third kappa shape index (κ3) is 2.16. The Labute approximate surface area is 59.0 Å². The predicted molar refractivity (Wildman–Crippen MR) is 39.4 cm³/mol. The molecule has 1 rings (SSSR count). The van der Waals surface area contributed by atoms with E-state index in [-0.39, 0.29) is 0 Å². The second-order valence-corrected chi connectivity index (χ2v) is 4.00. The fourth-order valence-corrected chi connectivity index (χ4v) is 2.18. The predicted octanol–water partition coefficient (Wildman–Crippen LogP) is 0.0621. The molecule has 3 heteroatoms. The van der Waals surface area contributed by atoms with Crippen molar-refractivity contribution in [2.45, 2.75) is 12.8 Å². The van der Waals surface area contributed by atoms with Crippen molar-refractivity contribution >= 4 is 11.2 Å². The standard InChI is InChI=1S/C6H12NOS/c7-5-6-1-3-9(8)4-2-6/h1-5,7H2. The quantitative estimate of drug-likeness (QED) is 0.532. The largest absolute Gasteiger partial charge is 0.616 e. The normalized spacial score (nSPS) is 24.7. The van der Waals surface area contributed by atoms with Crippen LogP contribution < -0.4 is 5.73 Å². The minimum atomic E-state index is -0.539. The fourth-order valence-electron chi connectivity index (χ4n) is 0.948. The zero-order valence-corrected chi connectivity index (χ0v) is 6.25. The van der Waals surface area contributed by atoms with Crippen LogP contribution in [-0.2, 0) is 11.2 Å². The summed E-state index contributed by atoms with van der Waals surface area (Å²) in [7, 11) is 0. The van der Waals surface area contributed by atoms with Gasteiger partial charge in [-0.05, 0) is 25.3 Å². The topological polar surface area (TPSA) is 49.1 Å². The summed E-state index contributed by atoms with van der Waals surface area (Å²) in [6, 6.07) is 0. The van der Waals surface area contributed by atoms with Gasteiger partial charge in [-0.2, -0.15) is 0 Å². The molecular formula is C6H12NOS. The highest BCUT2D eigenvalue weighted by atomic mass is 32.2. The molecule has 0 aromatic rings. The molecule has 0 aromatic carbocycles. The van der Waals surface area contributed by atoms with Crippen molar-refractivity contribution in [1.29, 1.82) is 0 Å². The molecule has 1 aliphatic heterocycles. The minimum absolute atomic E-state index is 0.539. The van der Waals surface area contributed by atoms with Crippen LogP contribution in [-0.4, -0.2) is 22.6 Å². The maximum atomic E-state index is 10.8. The number of hydrogen-bond donors (Lipinski definition) is 1. The Kier molecular flexibility index (Phi) is 2.82. The lowest BCUT2D eigenvalue weighted by Crippen LogP contribution is -2.26. The van der Waals surface area contributed by atoms with Crippen molar-refractivity contribution in [1.82, 2.24) is 0 Å². The van der Waals surface area contributed by atoms with E-state index in [0.717, 1.165) is 24.3 Å². The van der Waals surface area contributed by atoms with E-state index < -0.39 is 11.2 Å². The Hall–Kier alpha value is 0.270. The van der Waals surface area contributed by atoms with Crippen LogP contribution in [0.4, 0.5) is 0 Å². The molecule has 1 fully saturated rings. The number of hydrogen-bond acceptors (Lipinski definition) is 2. The second kappa shape index (κ2) is 3.44. The zero-order valence-electron chi connectivity index (χ0n) is 5.43. The lowest BCUT2D eigenvalue weighted by atomic mass is 10.0. The Bertz CT molecular complexity index is 81.1. The highest BCUT2D eigenvalue weighted by Crippen LogP contribution is 2.18. The molecule has 1 aliphatic rings. The molecule has 2 N–H and O–H groups in total. The van der Waals surface area contributed by atoms with Gasteiger partial charge in [0.1, 0.15) is 11.5 Å². The van der Waals surface area contributed by atoms with E-state index in [9.17, 15) is 4.55 Å². The summed E-state index contributed by atoms with van der Waals surface area (Å²) in [6.45, 7) is 0.692. The Balaban J connectivity index is 2.18. The van der Waals surface area contributed by atoms with Gasteiger partial charge in [-0.25, -0.2) is 0 Å². The Morgan fingerprint density at radius 2 is 2.00 bits per heavy atom. The van der Waals surface area contributed by atoms with Crippen molar-refractivity contribution in [3.8, 4) is 0 Å². The van der Waals surface area contributed by atoms with Gasteiger partial charge < -0.3 is 10.3 Å². The molecule has 0 aliphatic carbocycles. The monoisotopic (exact) mass is 146 g/mol. The van der Waals surface area contributed by atoms with Crippen LogP contribution in [0.3, 0.4) is 0 Å². The SMILES string of the molecule is NC[C]1CC[S+]([O-])CC1. The number of nitrogens with two attached hydrogens (primary N) is 1. The molecule has 9 heavy (non-hydrogen) atoms. The first-order valence-corrected chi connectivity index (χ1v) is 4.70. The van der Waals surface area contributed by atoms with E-state index in [1.807, 2.05) is 0 Å². The van der Waals surface area contributed by atoms with E-state index in [0.29, 0.717) is 6.54 Å². The molecule has 1 heterocycles. The molecule has 1 radical (unpaired) electrons. The van der Waals surface area contributed by atoms with Gasteiger partial charge in [0.2, 0.25) is 0 Å². The van der Waals surface area contributed by atoms with Crippen molar-refractivity contribution in [2.75, 3.05) is 18.1 Å². The number of rotatable bonds is 1. The summed E-state index contributed by atoms with van der Waals surface area (Å²) < 4.78 is 10.8. The van der Waals surface area contributed by atoms with E-state index in [2.05, 4.69) is 0 Å². The first-order valence-electron chi connectivity index (χ1n) is 3.21. The van der Waals surface area contributed by atoms with Gasteiger partial charge in [-0.1, -0.05) is 11.2 Å². The summed E-state index contributed by atoms with van der Waals surface area (Å²) in [4.78, 5) is 0. The van der Waals surface area contributed by atoms with Crippen LogP contribution >= 0.6 is 0 Å². The highest BCUT2D eigenvalue weighted by Gasteiger charge is 2.20. The maximum absolute atomic E-state index is 10.8. The summed E-state index contributed by atoms with van der Waals surface area (Å²) >= 11 is -0.539. The molecule has 0 aromatic heterocycles. The van der Waals surface area contributed by atoms with E-state index in [1.54, 1.807) is 0 Å². The molecular weight excluding hydrogens is 134 g/mol. The van der Waals surface area contributed by atoms with Gasteiger partial charge >= 0.3 is 0 Å². The molecule has 0 atom stereocenters. The van der Waals surface area contributed by atoms with Crippen LogP contribution in [0.2, 0.25) is 0 Å². The molecule has 0 bridgehead atoms. The molecule has 0 spiro atoms. The molecule has 0 amide bonds. The minimum Gasteiger partial charge on any atom is -0.616 e. The first kappa shape index (κ1) is 7.38. The highest BCUT2D eigenvalue weighted by molar-refractivity contribution is 7.91. The molecule has 53 valence electrons. The van der Waals surface area contributed by atoms with Crippen molar-refractivity contribution < 1.29 is 4.55 Å². The third-order valence-corrected chi connectivity index (χ3v) is 2.97. The van der Waals surface area contributed by atoms with Gasteiger partial charge in [-0.3, -0.25) is 0 Å². The van der Waals surface area contributed by atoms with E-state index in [1.165, 1.54) is 5.92 Å². The molecule has 0 unspecified atom stereocenters. The van der Waals surface area contributed by atoms with Crippen molar-refractivity contribution in [3.63, 3.8) is 0 Å². The average Bonchev–Trinajstić information content (AvgIpc) is 1.90. The van der Waals surface area contributed by atoms with E-state index in [4.69, 9.17) is 5.73 Å². The maximum Gasteiger partial charge on any atom is 0.106 e. The first-order chi connectivity index (χ1) is 4.33. The third-order valence-electron chi connectivity index (χ3n) is 1.66. The van der Waals surface area contributed by atoms with Gasteiger partial charge in [0.05, 0.1) is 0 Å². The Morgan fingerprint density at radius 1 is 1.44 bits per heavy atom. The summed E-state index contributed by atoms with van der Waals surface area (Å²) in [5.41, 5.74) is 5.41. The average molecular weight is 146 g/mol. The lowest BCUT2D eigenvalue weighted by molar-refractivity contribution is 0.578. The van der Waals surface area contributed by atoms with Crippen LogP contribution in [0, 0.1) is 5.92 Å².